The summed E-state index contributed by atoms with van der Waals surface area (Å²) in [5, 5.41) is 10.3. The van der Waals surface area contributed by atoms with Crippen molar-refractivity contribution >= 4 is 17.3 Å². The van der Waals surface area contributed by atoms with Gasteiger partial charge in [0.25, 0.3) is 0 Å². The van der Waals surface area contributed by atoms with Gasteiger partial charge in [0.05, 0.1) is 0 Å². The van der Waals surface area contributed by atoms with Crippen LogP contribution in [-0.2, 0) is 0 Å². The number of anilines is 1. The third-order valence-corrected chi connectivity index (χ3v) is 4.00. The fourth-order valence-corrected chi connectivity index (χ4v) is 2.46. The van der Waals surface area contributed by atoms with Crippen molar-refractivity contribution in [1.29, 1.82) is 0 Å². The summed E-state index contributed by atoms with van der Waals surface area (Å²) in [5.41, 5.74) is -1.82. The molecule has 0 radical (unpaired) electrons. The summed E-state index contributed by atoms with van der Waals surface area (Å²) in [4.78, 5) is 1.83. The van der Waals surface area contributed by atoms with Gasteiger partial charge in [0.1, 0.15) is 0 Å². The van der Waals surface area contributed by atoms with Gasteiger partial charge in [-0.3, -0.25) is 0 Å². The van der Waals surface area contributed by atoms with Crippen molar-refractivity contribution in [2.24, 2.45) is 5.92 Å². The molecule has 1 aliphatic heterocycles. The minimum Gasteiger partial charge on any atom is -0.380 e. The Morgan fingerprint density at radius 2 is 1.84 bits per heavy atom. The number of nitrogens with zero attached hydrogens (tertiary/aromatic N) is 1. The summed E-state index contributed by atoms with van der Waals surface area (Å²) in [6, 6.07) is 6.94. The van der Waals surface area contributed by atoms with E-state index in [-0.39, 0.29) is 6.54 Å². The van der Waals surface area contributed by atoms with Gasteiger partial charge in [0, 0.05) is 29.7 Å². The second-order valence-electron chi connectivity index (χ2n) is 5.05. The SMILES string of the molecule is CC(O)(C1CCN(c2ccc(Cl)cc2)C1)C(F)(F)F. The molecule has 1 saturated heterocycles. The highest BCUT2D eigenvalue weighted by atomic mass is 35.5. The first-order chi connectivity index (χ1) is 8.72. The summed E-state index contributed by atoms with van der Waals surface area (Å²) in [7, 11) is 0. The van der Waals surface area contributed by atoms with Crippen molar-refractivity contribution in [3.05, 3.63) is 29.3 Å². The molecule has 19 heavy (non-hydrogen) atoms. The van der Waals surface area contributed by atoms with Crippen molar-refractivity contribution in [2.45, 2.75) is 25.1 Å². The molecule has 0 aliphatic carbocycles. The Morgan fingerprint density at radius 3 is 2.37 bits per heavy atom. The molecule has 0 bridgehead atoms. The Morgan fingerprint density at radius 1 is 1.26 bits per heavy atom. The van der Waals surface area contributed by atoms with Crippen LogP contribution in [0.3, 0.4) is 0 Å². The summed E-state index contributed by atoms with van der Waals surface area (Å²) < 4.78 is 38.3. The van der Waals surface area contributed by atoms with Gasteiger partial charge in [-0.2, -0.15) is 13.2 Å². The summed E-state index contributed by atoms with van der Waals surface area (Å²) >= 11 is 5.77. The number of rotatable bonds is 2. The highest BCUT2D eigenvalue weighted by molar-refractivity contribution is 6.30. The Bertz CT molecular complexity index is 444. The number of aliphatic hydroxyl groups is 1. The van der Waals surface area contributed by atoms with Crippen molar-refractivity contribution < 1.29 is 18.3 Å². The van der Waals surface area contributed by atoms with Gasteiger partial charge < -0.3 is 10.0 Å². The maximum absolute atomic E-state index is 12.8. The van der Waals surface area contributed by atoms with E-state index in [1.165, 1.54) is 0 Å². The smallest absolute Gasteiger partial charge is 0.380 e. The first kappa shape index (κ1) is 14.5. The average molecular weight is 294 g/mol. The number of hydrogen-bond donors (Lipinski definition) is 1. The Labute approximate surface area is 114 Å². The van der Waals surface area contributed by atoms with Gasteiger partial charge in [-0.15, -0.1) is 0 Å². The molecule has 1 N–H and O–H groups in total. The molecule has 2 atom stereocenters. The lowest BCUT2D eigenvalue weighted by atomic mass is 9.88. The molecule has 2 rings (SSSR count). The van der Waals surface area contributed by atoms with E-state index in [0.29, 0.717) is 18.0 Å². The van der Waals surface area contributed by atoms with E-state index in [1.807, 2.05) is 4.90 Å². The Hall–Kier alpha value is -0.940. The summed E-state index contributed by atoms with van der Waals surface area (Å²) in [6.45, 7) is 1.54. The van der Waals surface area contributed by atoms with Crippen molar-refractivity contribution in [2.75, 3.05) is 18.0 Å². The Kier molecular flexibility index (Phi) is 3.71. The molecule has 106 valence electrons. The monoisotopic (exact) mass is 293 g/mol. The maximum Gasteiger partial charge on any atom is 0.417 e. The molecule has 2 unspecified atom stereocenters. The van der Waals surface area contributed by atoms with Crippen molar-refractivity contribution in [3.8, 4) is 0 Å². The quantitative estimate of drug-likeness (QED) is 0.902. The number of benzene rings is 1. The highest BCUT2D eigenvalue weighted by Gasteiger charge is 2.56. The Balaban J connectivity index is 2.10. The van der Waals surface area contributed by atoms with Crippen LogP contribution in [0, 0.1) is 5.92 Å². The van der Waals surface area contributed by atoms with Crippen LogP contribution in [0.4, 0.5) is 18.9 Å². The van der Waals surface area contributed by atoms with E-state index in [0.717, 1.165) is 12.6 Å². The van der Waals surface area contributed by atoms with Crippen LogP contribution < -0.4 is 4.90 Å². The van der Waals surface area contributed by atoms with Crippen molar-refractivity contribution in [3.63, 3.8) is 0 Å². The molecule has 1 aromatic rings. The van der Waals surface area contributed by atoms with Crippen LogP contribution in [0.15, 0.2) is 24.3 Å². The standard InChI is InChI=1S/C13H15ClF3NO/c1-12(19,13(15,16)17)9-6-7-18(8-9)11-4-2-10(14)3-5-11/h2-5,9,19H,6-8H2,1H3. The number of halogens is 4. The van der Waals surface area contributed by atoms with Crippen LogP contribution in [0.2, 0.25) is 5.02 Å². The lowest BCUT2D eigenvalue weighted by Gasteiger charge is -2.32. The molecular formula is C13H15ClF3NO. The molecule has 0 aromatic heterocycles. The van der Waals surface area contributed by atoms with Crippen molar-refractivity contribution in [1.82, 2.24) is 0 Å². The molecule has 0 spiro atoms. The fourth-order valence-electron chi connectivity index (χ4n) is 2.34. The van der Waals surface area contributed by atoms with Crippen LogP contribution in [0.5, 0.6) is 0 Å². The zero-order valence-corrected chi connectivity index (χ0v) is 11.2. The van der Waals surface area contributed by atoms with E-state index in [2.05, 4.69) is 0 Å². The third kappa shape index (κ3) is 2.82. The van der Waals surface area contributed by atoms with E-state index < -0.39 is 17.7 Å². The van der Waals surface area contributed by atoms with Crippen LogP contribution in [0.1, 0.15) is 13.3 Å². The van der Waals surface area contributed by atoms with Gasteiger partial charge in [-0.05, 0) is 37.6 Å². The van der Waals surface area contributed by atoms with E-state index in [1.54, 1.807) is 24.3 Å². The van der Waals surface area contributed by atoms with E-state index in [9.17, 15) is 18.3 Å². The zero-order chi connectivity index (χ0) is 14.3. The van der Waals surface area contributed by atoms with Crippen LogP contribution in [0.25, 0.3) is 0 Å². The molecule has 1 aromatic carbocycles. The topological polar surface area (TPSA) is 23.5 Å². The first-order valence-electron chi connectivity index (χ1n) is 6.01. The van der Waals surface area contributed by atoms with Gasteiger partial charge in [0.2, 0.25) is 0 Å². The maximum atomic E-state index is 12.8. The zero-order valence-electron chi connectivity index (χ0n) is 10.4. The third-order valence-electron chi connectivity index (χ3n) is 3.75. The van der Waals surface area contributed by atoms with Gasteiger partial charge in [-0.25, -0.2) is 0 Å². The number of alkyl halides is 3. The lowest BCUT2D eigenvalue weighted by Crippen LogP contribution is -2.49. The molecule has 1 heterocycles. The minimum atomic E-state index is -4.60. The van der Waals surface area contributed by atoms with Crippen LogP contribution >= 0.6 is 11.6 Å². The molecule has 2 nitrogen and oxygen atoms in total. The predicted octanol–water partition coefficient (Wildman–Crippen LogP) is 3.48. The predicted molar refractivity (Wildman–Crippen MR) is 68.5 cm³/mol. The largest absolute Gasteiger partial charge is 0.417 e. The lowest BCUT2D eigenvalue weighted by molar-refractivity contribution is -0.269. The first-order valence-corrected chi connectivity index (χ1v) is 6.39. The van der Waals surface area contributed by atoms with Gasteiger partial charge >= 0.3 is 6.18 Å². The highest BCUT2D eigenvalue weighted by Crippen LogP contribution is 2.40. The van der Waals surface area contributed by atoms with Crippen LogP contribution in [-0.4, -0.2) is 30.0 Å². The number of hydrogen-bond acceptors (Lipinski definition) is 2. The molecular weight excluding hydrogens is 279 g/mol. The van der Waals surface area contributed by atoms with E-state index in [4.69, 9.17) is 11.6 Å². The average Bonchev–Trinajstić information content (AvgIpc) is 2.78. The molecule has 0 saturated carbocycles. The van der Waals surface area contributed by atoms with Gasteiger partial charge in [0.15, 0.2) is 5.60 Å². The second kappa shape index (κ2) is 4.87. The second-order valence-corrected chi connectivity index (χ2v) is 5.49. The molecule has 1 fully saturated rings. The molecule has 1 aliphatic rings. The minimum absolute atomic E-state index is 0.189. The molecule has 6 heteroatoms. The fraction of sp³-hybridized carbons (Fsp3) is 0.538. The normalized spacial score (nSPS) is 23.5. The summed E-state index contributed by atoms with van der Waals surface area (Å²) in [5.74, 6) is -0.817. The van der Waals surface area contributed by atoms with E-state index >= 15 is 0 Å². The molecule has 0 amide bonds. The summed E-state index contributed by atoms with van der Waals surface area (Å²) in [6.07, 6.45) is -4.29. The van der Waals surface area contributed by atoms with Gasteiger partial charge in [-0.1, -0.05) is 11.6 Å².